The fraction of sp³-hybridized carbons (Fsp3) is 0.600. The molecule has 1 aromatic rings. The SMILES string of the molecule is Cc1csc(CN)c1S(=O)(=O)NC1CCS(=O)(=O)C1. The summed E-state index contributed by atoms with van der Waals surface area (Å²) in [5, 5.41) is 1.74. The molecule has 1 aliphatic heterocycles. The second-order valence-electron chi connectivity index (χ2n) is 4.60. The topological polar surface area (TPSA) is 106 Å². The third-order valence-electron chi connectivity index (χ3n) is 3.00. The van der Waals surface area contributed by atoms with E-state index in [2.05, 4.69) is 4.72 Å². The summed E-state index contributed by atoms with van der Waals surface area (Å²) in [6.07, 6.45) is 0.322. The highest BCUT2D eigenvalue weighted by atomic mass is 32.2. The minimum Gasteiger partial charge on any atom is -0.326 e. The van der Waals surface area contributed by atoms with Crippen LogP contribution >= 0.6 is 11.3 Å². The summed E-state index contributed by atoms with van der Waals surface area (Å²) in [5.74, 6) is -0.0973. The van der Waals surface area contributed by atoms with Gasteiger partial charge in [0.25, 0.3) is 0 Å². The van der Waals surface area contributed by atoms with E-state index in [1.807, 2.05) is 0 Å². The van der Waals surface area contributed by atoms with Crippen molar-refractivity contribution in [1.29, 1.82) is 0 Å². The summed E-state index contributed by atoms with van der Waals surface area (Å²) in [6.45, 7) is 1.85. The predicted octanol–water partition coefficient (Wildman–Crippen LogP) is -0.0194. The van der Waals surface area contributed by atoms with Crippen LogP contribution in [0.5, 0.6) is 0 Å². The molecule has 1 aliphatic rings. The van der Waals surface area contributed by atoms with Gasteiger partial charge >= 0.3 is 0 Å². The van der Waals surface area contributed by atoms with Crippen LogP contribution in [0, 0.1) is 6.92 Å². The van der Waals surface area contributed by atoms with E-state index in [4.69, 9.17) is 5.73 Å². The van der Waals surface area contributed by atoms with Gasteiger partial charge in [0.15, 0.2) is 9.84 Å². The molecule has 19 heavy (non-hydrogen) atoms. The number of rotatable bonds is 4. The van der Waals surface area contributed by atoms with E-state index in [9.17, 15) is 16.8 Å². The van der Waals surface area contributed by atoms with Crippen molar-refractivity contribution in [2.24, 2.45) is 5.73 Å². The first-order valence-corrected chi connectivity index (χ1v) is 9.93. The van der Waals surface area contributed by atoms with Gasteiger partial charge < -0.3 is 5.73 Å². The van der Waals surface area contributed by atoms with Gasteiger partial charge in [-0.05, 0) is 24.3 Å². The van der Waals surface area contributed by atoms with Gasteiger partial charge in [-0.25, -0.2) is 21.6 Å². The van der Waals surface area contributed by atoms with Gasteiger partial charge in [-0.2, -0.15) is 0 Å². The van der Waals surface area contributed by atoms with Crippen molar-refractivity contribution in [3.05, 3.63) is 15.8 Å². The molecule has 0 aliphatic carbocycles. The van der Waals surface area contributed by atoms with E-state index < -0.39 is 25.9 Å². The standard InChI is InChI=1S/C10H16N2O4S3/c1-7-5-17-9(4-11)10(7)19(15,16)12-8-2-3-18(13,14)6-8/h5,8,12H,2-4,6,11H2,1H3. The maximum Gasteiger partial charge on any atom is 0.242 e. The molecular formula is C10H16N2O4S3. The molecular weight excluding hydrogens is 308 g/mol. The van der Waals surface area contributed by atoms with Gasteiger partial charge in [0.1, 0.15) is 4.90 Å². The summed E-state index contributed by atoms with van der Waals surface area (Å²) in [4.78, 5) is 0.787. The molecule has 0 bridgehead atoms. The van der Waals surface area contributed by atoms with Crippen molar-refractivity contribution in [3.63, 3.8) is 0 Å². The third kappa shape index (κ3) is 3.16. The Morgan fingerprint density at radius 3 is 2.74 bits per heavy atom. The molecule has 1 fully saturated rings. The number of nitrogens with two attached hydrogens (primary N) is 1. The Kier molecular flexibility index (Phi) is 4.03. The van der Waals surface area contributed by atoms with Gasteiger partial charge in [-0.3, -0.25) is 0 Å². The largest absolute Gasteiger partial charge is 0.326 e. The zero-order valence-electron chi connectivity index (χ0n) is 10.4. The number of nitrogens with one attached hydrogen (secondary N) is 1. The van der Waals surface area contributed by atoms with Crippen molar-refractivity contribution in [2.45, 2.75) is 30.8 Å². The zero-order valence-corrected chi connectivity index (χ0v) is 12.9. The second kappa shape index (κ2) is 5.13. The summed E-state index contributed by atoms with van der Waals surface area (Å²) < 4.78 is 49.8. The molecule has 6 nitrogen and oxygen atoms in total. The quantitative estimate of drug-likeness (QED) is 0.809. The van der Waals surface area contributed by atoms with Crippen LogP contribution in [0.15, 0.2) is 10.3 Å². The lowest BCUT2D eigenvalue weighted by molar-refractivity contribution is 0.561. The van der Waals surface area contributed by atoms with Crippen LogP contribution in [-0.4, -0.2) is 34.4 Å². The minimum atomic E-state index is -3.71. The van der Waals surface area contributed by atoms with Crippen molar-refractivity contribution < 1.29 is 16.8 Å². The highest BCUT2D eigenvalue weighted by Gasteiger charge is 2.33. The molecule has 1 unspecified atom stereocenters. The molecule has 2 heterocycles. The van der Waals surface area contributed by atoms with E-state index >= 15 is 0 Å². The maximum atomic E-state index is 12.3. The minimum absolute atomic E-state index is 0.0343. The Morgan fingerprint density at radius 1 is 1.53 bits per heavy atom. The first-order chi connectivity index (χ1) is 8.75. The van der Waals surface area contributed by atoms with E-state index in [-0.39, 0.29) is 22.9 Å². The molecule has 1 aromatic heterocycles. The molecule has 1 atom stereocenters. The Labute approximate surface area is 117 Å². The molecule has 108 valence electrons. The molecule has 3 N–H and O–H groups in total. The predicted molar refractivity (Wildman–Crippen MR) is 74.3 cm³/mol. The van der Waals surface area contributed by atoms with Gasteiger partial charge in [0.05, 0.1) is 11.5 Å². The monoisotopic (exact) mass is 324 g/mol. The van der Waals surface area contributed by atoms with Crippen LogP contribution in [0.4, 0.5) is 0 Å². The molecule has 0 spiro atoms. The summed E-state index contributed by atoms with van der Waals surface area (Å²) in [6, 6.07) is -0.542. The van der Waals surface area contributed by atoms with E-state index in [0.29, 0.717) is 16.9 Å². The maximum absolute atomic E-state index is 12.3. The molecule has 0 aromatic carbocycles. The third-order valence-corrected chi connectivity index (χ3v) is 7.77. The van der Waals surface area contributed by atoms with Crippen molar-refractivity contribution in [1.82, 2.24) is 4.72 Å². The molecule has 0 amide bonds. The summed E-state index contributed by atoms with van der Waals surface area (Å²) in [5.41, 5.74) is 6.17. The van der Waals surface area contributed by atoms with Gasteiger partial charge in [0, 0.05) is 17.5 Å². The van der Waals surface area contributed by atoms with Crippen LogP contribution in [-0.2, 0) is 26.4 Å². The second-order valence-corrected chi connectivity index (χ2v) is 9.44. The Hall–Kier alpha value is -0.480. The van der Waals surface area contributed by atoms with E-state index in [0.717, 1.165) is 0 Å². The lowest BCUT2D eigenvalue weighted by Crippen LogP contribution is -2.36. The zero-order chi connectivity index (χ0) is 14.3. The van der Waals surface area contributed by atoms with Crippen LogP contribution in [0.25, 0.3) is 0 Å². The smallest absolute Gasteiger partial charge is 0.242 e. The van der Waals surface area contributed by atoms with Crippen LogP contribution in [0.2, 0.25) is 0 Å². The van der Waals surface area contributed by atoms with E-state index in [1.54, 1.807) is 12.3 Å². The average Bonchev–Trinajstić information content (AvgIpc) is 2.81. The number of hydrogen-bond donors (Lipinski definition) is 2. The molecule has 9 heteroatoms. The lowest BCUT2D eigenvalue weighted by Gasteiger charge is -2.12. The lowest BCUT2D eigenvalue weighted by atomic mass is 10.3. The van der Waals surface area contributed by atoms with Gasteiger partial charge in [-0.1, -0.05) is 0 Å². The number of sulfonamides is 1. The van der Waals surface area contributed by atoms with Crippen LogP contribution in [0.1, 0.15) is 16.9 Å². The van der Waals surface area contributed by atoms with Crippen LogP contribution < -0.4 is 10.5 Å². The fourth-order valence-electron chi connectivity index (χ4n) is 2.16. The average molecular weight is 324 g/mol. The first-order valence-electron chi connectivity index (χ1n) is 5.75. The normalized spacial score (nSPS) is 22.7. The number of sulfone groups is 1. The van der Waals surface area contributed by atoms with Gasteiger partial charge in [-0.15, -0.1) is 11.3 Å². The Bertz CT molecular complexity index is 676. The highest BCUT2D eigenvalue weighted by molar-refractivity contribution is 7.92. The summed E-state index contributed by atoms with van der Waals surface area (Å²) in [7, 11) is -6.82. The van der Waals surface area contributed by atoms with Crippen molar-refractivity contribution in [3.8, 4) is 0 Å². The first kappa shape index (κ1) is 14.9. The fourth-order valence-corrected chi connectivity index (χ4v) is 6.91. The van der Waals surface area contributed by atoms with E-state index in [1.165, 1.54) is 11.3 Å². The van der Waals surface area contributed by atoms with Gasteiger partial charge in [0.2, 0.25) is 10.0 Å². The Morgan fingerprint density at radius 2 is 2.21 bits per heavy atom. The van der Waals surface area contributed by atoms with Crippen molar-refractivity contribution in [2.75, 3.05) is 11.5 Å². The van der Waals surface area contributed by atoms with Crippen molar-refractivity contribution >= 4 is 31.2 Å². The molecule has 0 saturated carbocycles. The molecule has 0 radical (unpaired) electrons. The number of aryl methyl sites for hydroxylation is 1. The highest BCUT2D eigenvalue weighted by Crippen LogP contribution is 2.27. The molecule has 2 rings (SSSR count). The van der Waals surface area contributed by atoms with Crippen LogP contribution in [0.3, 0.4) is 0 Å². The number of hydrogen-bond acceptors (Lipinski definition) is 6. The molecule has 1 saturated heterocycles. The Balaban J connectivity index is 2.26. The summed E-state index contributed by atoms with van der Waals surface area (Å²) >= 11 is 1.30. The number of thiophene rings is 1.